The lowest BCUT2D eigenvalue weighted by Crippen LogP contribution is -2.42. The summed E-state index contributed by atoms with van der Waals surface area (Å²) >= 11 is 1.27. The number of benzene rings is 1. The monoisotopic (exact) mass is 306 g/mol. The molecule has 1 unspecified atom stereocenters. The highest BCUT2D eigenvalue weighted by molar-refractivity contribution is 7.99. The van der Waals surface area contributed by atoms with Gasteiger partial charge in [0.1, 0.15) is 6.54 Å². The third kappa shape index (κ3) is 4.80. The van der Waals surface area contributed by atoms with Gasteiger partial charge in [0.15, 0.2) is 0 Å². The SMILES string of the molecule is CCC(C)N(CC(=O)O)C(=O)c1ccccc1SCC#N. The molecule has 1 aromatic carbocycles. The van der Waals surface area contributed by atoms with Crippen LogP contribution in [-0.4, -0.2) is 40.2 Å². The van der Waals surface area contributed by atoms with Crippen LogP contribution in [0.1, 0.15) is 30.6 Å². The van der Waals surface area contributed by atoms with Crippen LogP contribution < -0.4 is 0 Å². The number of carboxylic acids is 1. The average Bonchev–Trinajstić information content (AvgIpc) is 2.49. The first kappa shape index (κ1) is 17.1. The van der Waals surface area contributed by atoms with E-state index in [0.717, 1.165) is 0 Å². The second-order valence-electron chi connectivity index (χ2n) is 4.53. The molecule has 0 aromatic heterocycles. The van der Waals surface area contributed by atoms with Crippen molar-refractivity contribution in [2.75, 3.05) is 12.3 Å². The highest BCUT2D eigenvalue weighted by Gasteiger charge is 2.24. The maximum atomic E-state index is 12.6. The van der Waals surface area contributed by atoms with Crippen molar-refractivity contribution >= 4 is 23.6 Å². The lowest BCUT2D eigenvalue weighted by molar-refractivity contribution is -0.138. The molecule has 0 aliphatic heterocycles. The first-order valence-electron chi connectivity index (χ1n) is 6.62. The van der Waals surface area contributed by atoms with Crippen molar-refractivity contribution in [3.63, 3.8) is 0 Å². The number of amides is 1. The Morgan fingerprint density at radius 1 is 1.43 bits per heavy atom. The number of carboxylic acid groups (broad SMARTS) is 1. The molecule has 1 amide bonds. The van der Waals surface area contributed by atoms with E-state index in [1.807, 2.05) is 19.9 Å². The predicted octanol–water partition coefficient (Wildman–Crippen LogP) is 2.63. The van der Waals surface area contributed by atoms with Gasteiger partial charge in [-0.2, -0.15) is 5.26 Å². The third-order valence-corrected chi connectivity index (χ3v) is 4.04. The molecule has 0 radical (unpaired) electrons. The summed E-state index contributed by atoms with van der Waals surface area (Å²) in [7, 11) is 0. The summed E-state index contributed by atoms with van der Waals surface area (Å²) in [5, 5.41) is 17.7. The van der Waals surface area contributed by atoms with Crippen LogP contribution in [0.5, 0.6) is 0 Å². The number of hydrogen-bond acceptors (Lipinski definition) is 4. The van der Waals surface area contributed by atoms with Crippen molar-refractivity contribution in [1.82, 2.24) is 4.90 Å². The van der Waals surface area contributed by atoms with Crippen LogP contribution in [0.15, 0.2) is 29.2 Å². The normalized spacial score (nSPS) is 11.5. The molecule has 1 atom stereocenters. The number of hydrogen-bond donors (Lipinski definition) is 1. The van der Waals surface area contributed by atoms with Gasteiger partial charge in [0.25, 0.3) is 5.91 Å². The molecule has 0 saturated heterocycles. The van der Waals surface area contributed by atoms with Crippen molar-refractivity contribution in [1.29, 1.82) is 5.26 Å². The van der Waals surface area contributed by atoms with E-state index in [2.05, 4.69) is 0 Å². The Hall–Kier alpha value is -2.00. The number of carbonyl (C=O) groups is 2. The lowest BCUT2D eigenvalue weighted by atomic mass is 10.1. The topological polar surface area (TPSA) is 81.4 Å². The first-order chi connectivity index (χ1) is 10.0. The Balaban J connectivity index is 3.08. The Kier molecular flexibility index (Phi) is 6.76. The van der Waals surface area contributed by atoms with Crippen LogP contribution >= 0.6 is 11.8 Å². The predicted molar refractivity (Wildman–Crippen MR) is 81.2 cm³/mol. The van der Waals surface area contributed by atoms with Crippen LogP contribution in [-0.2, 0) is 4.79 Å². The fourth-order valence-corrected chi connectivity index (χ4v) is 2.53. The molecule has 1 N–H and O–H groups in total. The molecular weight excluding hydrogens is 288 g/mol. The maximum absolute atomic E-state index is 12.6. The molecule has 1 rings (SSSR count). The van der Waals surface area contributed by atoms with Crippen molar-refractivity contribution < 1.29 is 14.7 Å². The average molecular weight is 306 g/mol. The minimum Gasteiger partial charge on any atom is -0.480 e. The lowest BCUT2D eigenvalue weighted by Gasteiger charge is -2.27. The highest BCUT2D eigenvalue weighted by atomic mass is 32.2. The quantitative estimate of drug-likeness (QED) is 0.783. The van der Waals surface area contributed by atoms with Gasteiger partial charge in [-0.1, -0.05) is 19.1 Å². The number of thioether (sulfide) groups is 1. The van der Waals surface area contributed by atoms with E-state index in [0.29, 0.717) is 16.9 Å². The molecule has 0 saturated carbocycles. The molecule has 112 valence electrons. The summed E-state index contributed by atoms with van der Waals surface area (Å²) in [6.45, 7) is 3.40. The van der Waals surface area contributed by atoms with Crippen LogP contribution in [0.3, 0.4) is 0 Å². The molecule has 0 heterocycles. The van der Waals surface area contributed by atoms with Gasteiger partial charge < -0.3 is 10.0 Å². The molecule has 1 aromatic rings. The van der Waals surface area contributed by atoms with Crippen molar-refractivity contribution in [2.45, 2.75) is 31.2 Å². The highest BCUT2D eigenvalue weighted by Crippen LogP contribution is 2.24. The van der Waals surface area contributed by atoms with Crippen LogP contribution in [0.4, 0.5) is 0 Å². The summed E-state index contributed by atoms with van der Waals surface area (Å²) in [6, 6.07) is 8.82. The standard InChI is InChI=1S/C15H18N2O3S/c1-3-11(2)17(10-14(18)19)15(20)12-6-4-5-7-13(12)21-9-8-16/h4-7,11H,3,9-10H2,1-2H3,(H,18,19). The summed E-state index contributed by atoms with van der Waals surface area (Å²) in [4.78, 5) is 25.7. The fraction of sp³-hybridized carbons (Fsp3) is 0.400. The molecule has 6 heteroatoms. The summed E-state index contributed by atoms with van der Waals surface area (Å²) in [6.07, 6.45) is 0.673. The van der Waals surface area contributed by atoms with Crippen molar-refractivity contribution in [3.8, 4) is 6.07 Å². The zero-order chi connectivity index (χ0) is 15.8. The number of aliphatic carboxylic acids is 1. The molecule has 0 bridgehead atoms. The molecule has 21 heavy (non-hydrogen) atoms. The molecule has 5 nitrogen and oxygen atoms in total. The largest absolute Gasteiger partial charge is 0.480 e. The molecule has 0 fully saturated rings. The second-order valence-corrected chi connectivity index (χ2v) is 5.54. The number of nitriles is 1. The van der Waals surface area contributed by atoms with Crippen LogP contribution in [0, 0.1) is 11.3 Å². The summed E-state index contributed by atoms with van der Waals surface area (Å²) in [5.74, 6) is -1.11. The van der Waals surface area contributed by atoms with E-state index in [9.17, 15) is 9.59 Å². The Morgan fingerprint density at radius 3 is 2.67 bits per heavy atom. The third-order valence-electron chi connectivity index (χ3n) is 3.10. The zero-order valence-corrected chi connectivity index (χ0v) is 12.9. The number of carbonyl (C=O) groups excluding carboxylic acids is 1. The van der Waals surface area contributed by atoms with E-state index in [-0.39, 0.29) is 24.2 Å². The molecule has 0 aliphatic rings. The van der Waals surface area contributed by atoms with Gasteiger partial charge in [-0.25, -0.2) is 0 Å². The van der Waals surface area contributed by atoms with Crippen molar-refractivity contribution in [3.05, 3.63) is 29.8 Å². The summed E-state index contributed by atoms with van der Waals surface area (Å²) in [5.41, 5.74) is 0.444. The van der Waals surface area contributed by atoms with E-state index in [4.69, 9.17) is 10.4 Å². The maximum Gasteiger partial charge on any atom is 0.323 e. The fourth-order valence-electron chi connectivity index (χ4n) is 1.83. The van der Waals surface area contributed by atoms with Gasteiger partial charge in [0.05, 0.1) is 17.4 Å². The van der Waals surface area contributed by atoms with Crippen LogP contribution in [0.2, 0.25) is 0 Å². The minimum atomic E-state index is -1.04. The van der Waals surface area contributed by atoms with Gasteiger partial charge >= 0.3 is 5.97 Å². The van der Waals surface area contributed by atoms with Gasteiger partial charge in [0.2, 0.25) is 0 Å². The Morgan fingerprint density at radius 2 is 2.10 bits per heavy atom. The minimum absolute atomic E-state index is 0.164. The Labute approximate surface area is 128 Å². The van der Waals surface area contributed by atoms with Crippen molar-refractivity contribution in [2.24, 2.45) is 0 Å². The van der Waals surface area contributed by atoms with E-state index < -0.39 is 5.97 Å². The Bertz CT molecular complexity index is 554. The smallest absolute Gasteiger partial charge is 0.323 e. The van der Waals surface area contributed by atoms with E-state index in [1.165, 1.54) is 16.7 Å². The van der Waals surface area contributed by atoms with Gasteiger partial charge in [-0.3, -0.25) is 9.59 Å². The molecule has 0 aliphatic carbocycles. The molecular formula is C15H18N2O3S. The second kappa shape index (κ2) is 8.32. The number of nitrogens with zero attached hydrogens (tertiary/aromatic N) is 2. The first-order valence-corrected chi connectivity index (χ1v) is 7.61. The van der Waals surface area contributed by atoms with E-state index >= 15 is 0 Å². The van der Waals surface area contributed by atoms with E-state index in [1.54, 1.807) is 24.3 Å². The molecule has 0 spiro atoms. The zero-order valence-electron chi connectivity index (χ0n) is 12.1. The van der Waals surface area contributed by atoms with Crippen LogP contribution in [0.25, 0.3) is 0 Å². The van der Waals surface area contributed by atoms with Gasteiger partial charge in [-0.05, 0) is 25.5 Å². The van der Waals surface area contributed by atoms with Gasteiger partial charge in [0, 0.05) is 10.9 Å². The summed E-state index contributed by atoms with van der Waals surface area (Å²) < 4.78 is 0. The number of rotatable bonds is 7. The van der Waals surface area contributed by atoms with Gasteiger partial charge in [-0.15, -0.1) is 11.8 Å².